The third-order valence-corrected chi connectivity index (χ3v) is 5.79. The Morgan fingerprint density at radius 3 is 2.82 bits per heavy atom. The Balaban J connectivity index is 1.87. The maximum absolute atomic E-state index is 5.68. The van der Waals surface area contributed by atoms with Gasteiger partial charge in [0.15, 0.2) is 0 Å². The average molecular weight is 280 g/mol. The lowest BCUT2D eigenvalue weighted by atomic mass is 10.1. The van der Waals surface area contributed by atoms with E-state index in [0.29, 0.717) is 0 Å². The van der Waals surface area contributed by atoms with Crippen LogP contribution in [0.25, 0.3) is 9.40 Å². The Labute approximate surface area is 112 Å². The van der Waals surface area contributed by atoms with E-state index in [2.05, 4.69) is 40.5 Å². The molecule has 3 heterocycles. The summed E-state index contributed by atoms with van der Waals surface area (Å²) in [6, 6.07) is 8.89. The third-order valence-electron chi connectivity index (χ3n) is 2.69. The first-order valence-corrected chi connectivity index (χ1v) is 7.90. The van der Waals surface area contributed by atoms with Crippen molar-refractivity contribution in [2.75, 3.05) is 0 Å². The zero-order valence-electron chi connectivity index (χ0n) is 9.05. The highest BCUT2D eigenvalue weighted by molar-refractivity contribution is 7.27. The Morgan fingerprint density at radius 2 is 2.12 bits per heavy atom. The van der Waals surface area contributed by atoms with Gasteiger partial charge in [0.25, 0.3) is 0 Å². The smallest absolute Gasteiger partial charge is 0.0602 e. The number of hydrogen-bond acceptors (Lipinski definition) is 5. The second-order valence-electron chi connectivity index (χ2n) is 3.80. The lowest BCUT2D eigenvalue weighted by molar-refractivity contribution is 0.565. The van der Waals surface area contributed by atoms with E-state index in [0.717, 1.165) is 6.42 Å². The molecule has 0 fully saturated rings. The maximum atomic E-state index is 5.68. The summed E-state index contributed by atoms with van der Waals surface area (Å²) in [6.45, 7) is 0. The monoisotopic (exact) mass is 280 g/mol. The molecule has 0 aliphatic carbocycles. The van der Waals surface area contributed by atoms with Crippen LogP contribution in [-0.4, -0.2) is 0 Å². The van der Waals surface area contributed by atoms with Gasteiger partial charge in [0.05, 0.1) is 6.04 Å². The van der Waals surface area contributed by atoms with Gasteiger partial charge in [-0.25, -0.2) is 0 Å². The van der Waals surface area contributed by atoms with E-state index in [1.165, 1.54) is 19.2 Å². The van der Waals surface area contributed by atoms with Crippen molar-refractivity contribution in [1.82, 2.24) is 5.43 Å². The molecule has 88 valence electrons. The zero-order chi connectivity index (χ0) is 11.7. The van der Waals surface area contributed by atoms with Crippen molar-refractivity contribution in [2.45, 2.75) is 12.5 Å². The van der Waals surface area contributed by atoms with Crippen LogP contribution >= 0.6 is 34.0 Å². The molecule has 0 saturated heterocycles. The molecule has 0 bridgehead atoms. The van der Waals surface area contributed by atoms with Crippen molar-refractivity contribution in [3.05, 3.63) is 44.8 Å². The van der Waals surface area contributed by atoms with E-state index >= 15 is 0 Å². The van der Waals surface area contributed by atoms with Gasteiger partial charge in [-0.05, 0) is 29.0 Å². The van der Waals surface area contributed by atoms with Crippen LogP contribution < -0.4 is 11.3 Å². The fraction of sp³-hybridized carbons (Fsp3) is 0.167. The van der Waals surface area contributed by atoms with Crippen molar-refractivity contribution in [3.63, 3.8) is 0 Å². The number of fused-ring (bicyclic) bond motifs is 1. The molecule has 0 spiro atoms. The van der Waals surface area contributed by atoms with E-state index < -0.39 is 0 Å². The first-order valence-electron chi connectivity index (χ1n) is 5.32. The predicted octanol–water partition coefficient (Wildman–Crippen LogP) is 3.77. The number of nitrogens with two attached hydrogens (primary N) is 1. The molecule has 3 aromatic rings. The Morgan fingerprint density at radius 1 is 1.18 bits per heavy atom. The molecule has 2 nitrogen and oxygen atoms in total. The molecule has 0 aromatic carbocycles. The second-order valence-corrected chi connectivity index (χ2v) is 6.90. The quantitative estimate of drug-likeness (QED) is 0.564. The molecular formula is C12H12N2S3. The van der Waals surface area contributed by atoms with E-state index in [-0.39, 0.29) is 6.04 Å². The van der Waals surface area contributed by atoms with Gasteiger partial charge in [-0.3, -0.25) is 11.3 Å². The van der Waals surface area contributed by atoms with Gasteiger partial charge < -0.3 is 0 Å². The summed E-state index contributed by atoms with van der Waals surface area (Å²) < 4.78 is 2.72. The number of thiophene rings is 3. The van der Waals surface area contributed by atoms with Crippen molar-refractivity contribution >= 4 is 43.4 Å². The first kappa shape index (κ1) is 11.4. The minimum atomic E-state index is 0.221. The highest BCUT2D eigenvalue weighted by Gasteiger charge is 2.14. The maximum Gasteiger partial charge on any atom is 0.0602 e. The summed E-state index contributed by atoms with van der Waals surface area (Å²) in [7, 11) is 0. The molecule has 0 amide bonds. The van der Waals surface area contributed by atoms with Gasteiger partial charge in [-0.15, -0.1) is 34.0 Å². The molecule has 5 heteroatoms. The van der Waals surface area contributed by atoms with Crippen molar-refractivity contribution in [1.29, 1.82) is 0 Å². The number of nitrogens with one attached hydrogen (secondary N) is 1. The number of rotatable bonds is 4. The summed E-state index contributed by atoms with van der Waals surface area (Å²) in [5, 5.41) is 4.24. The van der Waals surface area contributed by atoms with E-state index in [9.17, 15) is 0 Å². The lowest BCUT2D eigenvalue weighted by Crippen LogP contribution is -2.28. The first-order chi connectivity index (χ1) is 8.36. The van der Waals surface area contributed by atoms with Crippen LogP contribution in [0.5, 0.6) is 0 Å². The summed E-state index contributed by atoms with van der Waals surface area (Å²) in [6.07, 6.45) is 0.960. The Hall–Kier alpha value is -0.720. The van der Waals surface area contributed by atoms with Crippen LogP contribution in [-0.2, 0) is 6.42 Å². The van der Waals surface area contributed by atoms with Gasteiger partial charge in [-0.2, -0.15) is 0 Å². The fourth-order valence-corrected chi connectivity index (χ4v) is 4.76. The van der Waals surface area contributed by atoms with Crippen molar-refractivity contribution < 1.29 is 0 Å². The van der Waals surface area contributed by atoms with Crippen LogP contribution in [0.1, 0.15) is 15.8 Å². The average Bonchev–Trinajstić information content (AvgIpc) is 3.01. The predicted molar refractivity (Wildman–Crippen MR) is 77.8 cm³/mol. The minimum Gasteiger partial charge on any atom is -0.271 e. The van der Waals surface area contributed by atoms with Crippen molar-refractivity contribution in [2.24, 2.45) is 5.84 Å². The standard InChI is InChI=1S/C12H12N2S3/c13-14-9(6-8-2-1-4-15-8)11-7-12-10(17-11)3-5-16-12/h1-5,7,9,14H,6,13H2. The molecule has 0 aliphatic heterocycles. The molecule has 3 rings (SSSR count). The Kier molecular flexibility index (Phi) is 3.26. The number of hydrazine groups is 1. The fourth-order valence-electron chi connectivity index (χ4n) is 1.83. The van der Waals surface area contributed by atoms with Crippen LogP contribution in [0.3, 0.4) is 0 Å². The molecule has 1 atom stereocenters. The summed E-state index contributed by atoms with van der Waals surface area (Å²) in [4.78, 5) is 2.69. The van der Waals surface area contributed by atoms with Gasteiger partial charge in [0.1, 0.15) is 0 Å². The summed E-state index contributed by atoms with van der Waals surface area (Å²) in [5.74, 6) is 5.68. The molecular weight excluding hydrogens is 268 g/mol. The van der Waals surface area contributed by atoms with Gasteiger partial charge in [-0.1, -0.05) is 6.07 Å². The largest absolute Gasteiger partial charge is 0.271 e. The van der Waals surface area contributed by atoms with E-state index in [1.54, 1.807) is 22.7 Å². The van der Waals surface area contributed by atoms with Gasteiger partial charge >= 0.3 is 0 Å². The van der Waals surface area contributed by atoms with Gasteiger partial charge in [0, 0.05) is 25.6 Å². The highest BCUT2D eigenvalue weighted by Crippen LogP contribution is 2.34. The molecule has 0 radical (unpaired) electrons. The van der Waals surface area contributed by atoms with E-state index in [4.69, 9.17) is 5.84 Å². The zero-order valence-corrected chi connectivity index (χ0v) is 11.5. The molecule has 17 heavy (non-hydrogen) atoms. The van der Waals surface area contributed by atoms with Crippen LogP contribution in [0.2, 0.25) is 0 Å². The van der Waals surface area contributed by atoms with Crippen LogP contribution in [0, 0.1) is 0 Å². The summed E-state index contributed by atoms with van der Waals surface area (Å²) >= 11 is 5.40. The van der Waals surface area contributed by atoms with Crippen LogP contribution in [0.15, 0.2) is 35.0 Å². The minimum absolute atomic E-state index is 0.221. The Bertz CT molecular complexity index is 566. The molecule has 0 aliphatic rings. The molecule has 3 aromatic heterocycles. The molecule has 3 N–H and O–H groups in total. The third kappa shape index (κ3) is 2.29. The second kappa shape index (κ2) is 4.88. The SMILES string of the molecule is NNC(Cc1cccs1)c1cc2sccc2s1. The normalized spacial score (nSPS) is 13.2. The van der Waals surface area contributed by atoms with Gasteiger partial charge in [0.2, 0.25) is 0 Å². The summed E-state index contributed by atoms with van der Waals surface area (Å²) in [5.41, 5.74) is 2.93. The van der Waals surface area contributed by atoms with Crippen LogP contribution in [0.4, 0.5) is 0 Å². The molecule has 1 unspecified atom stereocenters. The number of hydrogen-bond donors (Lipinski definition) is 2. The highest BCUT2D eigenvalue weighted by atomic mass is 32.1. The van der Waals surface area contributed by atoms with Crippen molar-refractivity contribution in [3.8, 4) is 0 Å². The van der Waals surface area contributed by atoms with E-state index in [1.807, 2.05) is 11.3 Å². The lowest BCUT2D eigenvalue weighted by Gasteiger charge is -2.12. The molecule has 0 saturated carbocycles. The topological polar surface area (TPSA) is 38.0 Å².